The lowest BCUT2D eigenvalue weighted by Crippen LogP contribution is -2.18. The highest BCUT2D eigenvalue weighted by Gasteiger charge is 2.14. The van der Waals surface area contributed by atoms with Crippen LogP contribution in [0.1, 0.15) is 19.0 Å². The molecule has 0 spiro atoms. The zero-order valence-corrected chi connectivity index (χ0v) is 15.7. The topological polar surface area (TPSA) is 72.7 Å². The van der Waals surface area contributed by atoms with Crippen LogP contribution in [0.5, 0.6) is 0 Å². The number of hydrogen-bond donors (Lipinski definition) is 1. The number of nitrogens with zero attached hydrogens (tertiary/aromatic N) is 4. The number of amides is 1. The molecular weight excluding hydrogens is 358 g/mol. The molecule has 3 aromatic heterocycles. The molecule has 0 bridgehead atoms. The van der Waals surface area contributed by atoms with Gasteiger partial charge in [-0.25, -0.2) is 9.97 Å². The first-order chi connectivity index (χ1) is 13.2. The summed E-state index contributed by atoms with van der Waals surface area (Å²) in [5.74, 6) is 0.462. The second kappa shape index (κ2) is 7.67. The quantitative estimate of drug-likeness (QED) is 0.548. The van der Waals surface area contributed by atoms with Crippen molar-refractivity contribution in [2.45, 2.75) is 26.3 Å². The highest BCUT2D eigenvalue weighted by atomic mass is 32.1. The Morgan fingerprint density at radius 1 is 1.15 bits per heavy atom. The number of thiazole rings is 1. The molecule has 136 valence electrons. The largest absolute Gasteiger partial charge is 0.310 e. The van der Waals surface area contributed by atoms with Crippen molar-refractivity contribution in [3.8, 4) is 10.7 Å². The van der Waals surface area contributed by atoms with Gasteiger partial charge in [-0.05, 0) is 30.7 Å². The van der Waals surface area contributed by atoms with E-state index in [0.29, 0.717) is 5.95 Å². The van der Waals surface area contributed by atoms with Crippen molar-refractivity contribution in [3.63, 3.8) is 0 Å². The molecule has 3 heterocycles. The third-order valence-electron chi connectivity index (χ3n) is 4.13. The lowest BCUT2D eigenvalue weighted by Gasteiger charge is -2.08. The Morgan fingerprint density at radius 2 is 2.00 bits per heavy atom. The van der Waals surface area contributed by atoms with Crippen molar-refractivity contribution in [2.24, 2.45) is 0 Å². The second-order valence-corrected chi connectivity index (χ2v) is 7.02. The molecule has 1 N–H and O–H groups in total. The van der Waals surface area contributed by atoms with E-state index >= 15 is 0 Å². The van der Waals surface area contributed by atoms with Crippen molar-refractivity contribution in [1.29, 1.82) is 0 Å². The van der Waals surface area contributed by atoms with Crippen LogP contribution in [0.4, 0.5) is 5.95 Å². The summed E-state index contributed by atoms with van der Waals surface area (Å²) >= 11 is 1.49. The van der Waals surface area contributed by atoms with Crippen LogP contribution in [0.3, 0.4) is 0 Å². The first-order valence-electron chi connectivity index (χ1n) is 8.85. The monoisotopic (exact) mass is 377 g/mol. The standard InChI is InChI=1S/C20H19N5OS/c1-2-11-25-17-9-4-3-7-15(17)23-20(25)24-18(26)12-14-13-27-19(22-14)16-8-5-6-10-21-16/h3-10,13H,2,11-12H2,1H3,(H,23,24,26). The van der Waals surface area contributed by atoms with Gasteiger partial charge in [0.15, 0.2) is 0 Å². The van der Waals surface area contributed by atoms with Crippen LogP contribution >= 0.6 is 11.3 Å². The number of carbonyl (C=O) groups is 1. The molecular formula is C20H19N5OS. The molecule has 0 saturated carbocycles. The number of fused-ring (bicyclic) bond motifs is 1. The zero-order chi connectivity index (χ0) is 18.6. The molecule has 1 amide bonds. The van der Waals surface area contributed by atoms with E-state index in [0.717, 1.165) is 40.4 Å². The van der Waals surface area contributed by atoms with Gasteiger partial charge < -0.3 is 4.57 Å². The molecule has 4 rings (SSSR count). The molecule has 0 aliphatic rings. The molecule has 1 aromatic carbocycles. The number of pyridine rings is 1. The number of nitrogens with one attached hydrogen (secondary N) is 1. The van der Waals surface area contributed by atoms with Crippen LogP contribution in [-0.2, 0) is 17.8 Å². The molecule has 0 aliphatic heterocycles. The smallest absolute Gasteiger partial charge is 0.232 e. The van der Waals surface area contributed by atoms with E-state index in [1.165, 1.54) is 11.3 Å². The van der Waals surface area contributed by atoms with E-state index in [1.807, 2.05) is 52.4 Å². The van der Waals surface area contributed by atoms with Crippen LogP contribution in [0.2, 0.25) is 0 Å². The maximum atomic E-state index is 12.5. The summed E-state index contributed by atoms with van der Waals surface area (Å²) in [6.45, 7) is 2.91. The van der Waals surface area contributed by atoms with Gasteiger partial charge in [-0.15, -0.1) is 11.3 Å². The number of hydrogen-bond acceptors (Lipinski definition) is 5. The fourth-order valence-electron chi connectivity index (χ4n) is 2.95. The summed E-state index contributed by atoms with van der Waals surface area (Å²) < 4.78 is 2.05. The number of rotatable bonds is 6. The van der Waals surface area contributed by atoms with Crippen LogP contribution in [0, 0.1) is 0 Å². The van der Waals surface area contributed by atoms with Gasteiger partial charge >= 0.3 is 0 Å². The SMILES string of the molecule is CCCn1c(NC(=O)Cc2csc(-c3ccccn3)n2)nc2ccccc21. The van der Waals surface area contributed by atoms with Crippen LogP contribution in [0.25, 0.3) is 21.7 Å². The predicted octanol–water partition coefficient (Wildman–Crippen LogP) is 4.15. The van der Waals surface area contributed by atoms with E-state index in [-0.39, 0.29) is 12.3 Å². The number of anilines is 1. The summed E-state index contributed by atoms with van der Waals surface area (Å²) in [7, 11) is 0. The lowest BCUT2D eigenvalue weighted by atomic mass is 10.3. The van der Waals surface area contributed by atoms with Crippen LogP contribution < -0.4 is 5.32 Å². The number of para-hydroxylation sites is 2. The van der Waals surface area contributed by atoms with E-state index in [2.05, 4.69) is 27.2 Å². The van der Waals surface area contributed by atoms with E-state index in [4.69, 9.17) is 0 Å². The van der Waals surface area contributed by atoms with Crippen LogP contribution in [-0.4, -0.2) is 25.4 Å². The van der Waals surface area contributed by atoms with E-state index in [9.17, 15) is 4.79 Å². The summed E-state index contributed by atoms with van der Waals surface area (Å²) in [6.07, 6.45) is 2.91. The van der Waals surface area contributed by atoms with Crippen molar-refractivity contribution in [3.05, 3.63) is 59.7 Å². The normalized spacial score (nSPS) is 11.0. The average molecular weight is 377 g/mol. The summed E-state index contributed by atoms with van der Waals surface area (Å²) in [6, 6.07) is 13.6. The van der Waals surface area contributed by atoms with Gasteiger partial charge in [-0.2, -0.15) is 0 Å². The first kappa shape index (κ1) is 17.4. The van der Waals surface area contributed by atoms with Gasteiger partial charge in [0.2, 0.25) is 11.9 Å². The molecule has 7 heteroatoms. The van der Waals surface area contributed by atoms with Crippen molar-refractivity contribution >= 4 is 34.2 Å². The minimum atomic E-state index is -0.125. The summed E-state index contributed by atoms with van der Waals surface area (Å²) in [5, 5.41) is 5.66. The van der Waals surface area contributed by atoms with Gasteiger partial charge in [-0.3, -0.25) is 15.1 Å². The Balaban J connectivity index is 1.51. The van der Waals surface area contributed by atoms with E-state index < -0.39 is 0 Å². The molecule has 0 aliphatic carbocycles. The van der Waals surface area contributed by atoms with Gasteiger partial charge in [0.25, 0.3) is 0 Å². The molecule has 0 atom stereocenters. The van der Waals surface area contributed by atoms with Crippen molar-refractivity contribution < 1.29 is 4.79 Å². The number of carbonyl (C=O) groups excluding carboxylic acids is 1. The third kappa shape index (κ3) is 3.73. The number of aryl methyl sites for hydroxylation is 1. The van der Waals surface area contributed by atoms with Crippen molar-refractivity contribution in [1.82, 2.24) is 19.5 Å². The fraction of sp³-hybridized carbons (Fsp3) is 0.200. The Hall–Kier alpha value is -3.06. The zero-order valence-electron chi connectivity index (χ0n) is 14.9. The maximum Gasteiger partial charge on any atom is 0.232 e. The van der Waals surface area contributed by atoms with Gasteiger partial charge in [0, 0.05) is 18.1 Å². The van der Waals surface area contributed by atoms with Gasteiger partial charge in [-0.1, -0.05) is 25.1 Å². The summed E-state index contributed by atoms with van der Waals surface area (Å²) in [4.78, 5) is 25.9. The summed E-state index contributed by atoms with van der Waals surface area (Å²) in [5.41, 5.74) is 3.46. The van der Waals surface area contributed by atoms with Crippen LogP contribution in [0.15, 0.2) is 54.0 Å². The minimum absolute atomic E-state index is 0.125. The Morgan fingerprint density at radius 3 is 2.81 bits per heavy atom. The first-order valence-corrected chi connectivity index (χ1v) is 9.73. The van der Waals surface area contributed by atoms with E-state index in [1.54, 1.807) is 6.20 Å². The molecule has 0 unspecified atom stereocenters. The minimum Gasteiger partial charge on any atom is -0.310 e. The number of benzene rings is 1. The second-order valence-electron chi connectivity index (χ2n) is 6.16. The molecule has 0 saturated heterocycles. The molecule has 6 nitrogen and oxygen atoms in total. The molecule has 4 aromatic rings. The number of aromatic nitrogens is 4. The maximum absolute atomic E-state index is 12.5. The molecule has 27 heavy (non-hydrogen) atoms. The Bertz CT molecular complexity index is 1070. The van der Waals surface area contributed by atoms with Gasteiger partial charge in [0.1, 0.15) is 5.01 Å². The number of imidazole rings is 1. The average Bonchev–Trinajstić information content (AvgIpc) is 3.28. The van der Waals surface area contributed by atoms with Gasteiger partial charge in [0.05, 0.1) is 28.8 Å². The predicted molar refractivity (Wildman–Crippen MR) is 108 cm³/mol. The molecule has 0 fully saturated rings. The highest BCUT2D eigenvalue weighted by molar-refractivity contribution is 7.13. The lowest BCUT2D eigenvalue weighted by molar-refractivity contribution is -0.115. The Labute approximate surface area is 160 Å². The highest BCUT2D eigenvalue weighted by Crippen LogP contribution is 2.23. The fourth-order valence-corrected chi connectivity index (χ4v) is 3.74. The van der Waals surface area contributed by atoms with Crippen molar-refractivity contribution in [2.75, 3.05) is 5.32 Å². The molecule has 0 radical (unpaired) electrons. The Kier molecular flexibility index (Phi) is 4.93. The third-order valence-corrected chi connectivity index (χ3v) is 5.04.